The van der Waals surface area contributed by atoms with Gasteiger partial charge in [0.25, 0.3) is 0 Å². The summed E-state index contributed by atoms with van der Waals surface area (Å²) in [5.74, 6) is 0. The Balaban J connectivity index is 2.86. The summed E-state index contributed by atoms with van der Waals surface area (Å²) in [6, 6.07) is 0.382. The highest BCUT2D eigenvalue weighted by molar-refractivity contribution is 7.89. The van der Waals surface area contributed by atoms with Crippen LogP contribution in [-0.2, 0) is 10.0 Å². The SMILES string of the molecule is CC(C)N(C1CC1)S(=O)(=O)C(C)C. The van der Waals surface area contributed by atoms with Gasteiger partial charge in [0.1, 0.15) is 0 Å². The molecule has 0 heterocycles. The van der Waals surface area contributed by atoms with Gasteiger partial charge >= 0.3 is 0 Å². The number of hydrogen-bond acceptors (Lipinski definition) is 2. The first-order valence-corrected chi connectivity index (χ1v) is 6.40. The van der Waals surface area contributed by atoms with Crippen molar-refractivity contribution in [3.8, 4) is 0 Å². The van der Waals surface area contributed by atoms with Crippen molar-refractivity contribution >= 4 is 10.0 Å². The monoisotopic (exact) mass is 205 g/mol. The fraction of sp³-hybridized carbons (Fsp3) is 1.00. The zero-order chi connectivity index (χ0) is 10.2. The van der Waals surface area contributed by atoms with Crippen LogP contribution in [-0.4, -0.2) is 30.1 Å². The van der Waals surface area contributed by atoms with Gasteiger partial charge in [0.05, 0.1) is 5.25 Å². The maximum absolute atomic E-state index is 11.9. The molecule has 0 saturated heterocycles. The van der Waals surface area contributed by atoms with Crippen LogP contribution >= 0.6 is 0 Å². The van der Waals surface area contributed by atoms with Gasteiger partial charge in [0, 0.05) is 12.1 Å². The summed E-state index contributed by atoms with van der Waals surface area (Å²) in [6.07, 6.45) is 2.06. The summed E-state index contributed by atoms with van der Waals surface area (Å²) in [6.45, 7) is 7.37. The van der Waals surface area contributed by atoms with Crippen LogP contribution in [0.1, 0.15) is 40.5 Å². The number of sulfonamides is 1. The van der Waals surface area contributed by atoms with Gasteiger partial charge in [0.2, 0.25) is 10.0 Å². The Labute approximate surface area is 81.2 Å². The number of rotatable bonds is 4. The minimum Gasteiger partial charge on any atom is -0.212 e. The van der Waals surface area contributed by atoms with E-state index >= 15 is 0 Å². The third-order valence-corrected chi connectivity index (χ3v) is 4.80. The van der Waals surface area contributed by atoms with Crippen molar-refractivity contribution in [2.75, 3.05) is 0 Å². The zero-order valence-electron chi connectivity index (χ0n) is 8.82. The molecule has 0 amide bonds. The lowest BCUT2D eigenvalue weighted by Gasteiger charge is -2.27. The molecule has 0 aromatic rings. The molecule has 0 N–H and O–H groups in total. The molecular formula is C9H19NO2S. The van der Waals surface area contributed by atoms with Crippen LogP contribution in [0.2, 0.25) is 0 Å². The molecule has 0 aliphatic heterocycles. The lowest BCUT2D eigenvalue weighted by Crippen LogP contribution is -2.42. The third kappa shape index (κ3) is 2.23. The predicted molar refractivity (Wildman–Crippen MR) is 54.1 cm³/mol. The second-order valence-corrected chi connectivity index (χ2v) is 6.64. The Morgan fingerprint density at radius 2 is 1.62 bits per heavy atom. The van der Waals surface area contributed by atoms with E-state index in [9.17, 15) is 8.42 Å². The first-order valence-electron chi connectivity index (χ1n) is 4.89. The molecule has 0 spiro atoms. The van der Waals surface area contributed by atoms with Gasteiger partial charge in [-0.25, -0.2) is 8.42 Å². The topological polar surface area (TPSA) is 37.4 Å². The van der Waals surface area contributed by atoms with Crippen molar-refractivity contribution in [1.29, 1.82) is 0 Å². The lowest BCUT2D eigenvalue weighted by atomic mass is 10.4. The van der Waals surface area contributed by atoms with E-state index in [-0.39, 0.29) is 17.3 Å². The van der Waals surface area contributed by atoms with Gasteiger partial charge in [-0.1, -0.05) is 0 Å². The largest absolute Gasteiger partial charge is 0.216 e. The molecule has 78 valence electrons. The molecule has 4 heteroatoms. The van der Waals surface area contributed by atoms with Gasteiger partial charge in [-0.3, -0.25) is 0 Å². The molecule has 0 aromatic carbocycles. The van der Waals surface area contributed by atoms with E-state index in [0.29, 0.717) is 0 Å². The normalized spacial score (nSPS) is 19.0. The van der Waals surface area contributed by atoms with Crippen LogP contribution in [0.25, 0.3) is 0 Å². The average molecular weight is 205 g/mol. The lowest BCUT2D eigenvalue weighted by molar-refractivity contribution is 0.342. The molecule has 0 radical (unpaired) electrons. The molecule has 1 fully saturated rings. The van der Waals surface area contributed by atoms with Crippen LogP contribution in [0.15, 0.2) is 0 Å². The highest BCUT2D eigenvalue weighted by Gasteiger charge is 2.39. The van der Waals surface area contributed by atoms with Crippen molar-refractivity contribution in [1.82, 2.24) is 4.31 Å². The van der Waals surface area contributed by atoms with Gasteiger partial charge in [-0.2, -0.15) is 4.31 Å². The van der Waals surface area contributed by atoms with Gasteiger partial charge in [0.15, 0.2) is 0 Å². The first-order chi connectivity index (χ1) is 5.87. The maximum atomic E-state index is 11.9. The minimum absolute atomic E-state index is 0.0971. The zero-order valence-corrected chi connectivity index (χ0v) is 9.63. The quantitative estimate of drug-likeness (QED) is 0.699. The molecule has 1 saturated carbocycles. The maximum Gasteiger partial charge on any atom is 0.216 e. The standard InChI is InChI=1S/C9H19NO2S/c1-7(2)10(9-5-6-9)13(11,12)8(3)4/h7-9H,5-6H2,1-4H3. The van der Waals surface area contributed by atoms with Crippen molar-refractivity contribution in [3.63, 3.8) is 0 Å². The van der Waals surface area contributed by atoms with Crippen LogP contribution in [0.4, 0.5) is 0 Å². The molecule has 1 rings (SSSR count). The van der Waals surface area contributed by atoms with Crippen molar-refractivity contribution in [2.45, 2.75) is 57.9 Å². The minimum atomic E-state index is -3.04. The van der Waals surface area contributed by atoms with Crippen LogP contribution in [0.3, 0.4) is 0 Å². The average Bonchev–Trinajstić information content (AvgIpc) is 2.69. The van der Waals surface area contributed by atoms with E-state index in [1.807, 2.05) is 13.8 Å². The molecule has 3 nitrogen and oxygen atoms in total. The van der Waals surface area contributed by atoms with E-state index in [1.165, 1.54) is 0 Å². The van der Waals surface area contributed by atoms with E-state index < -0.39 is 10.0 Å². The Kier molecular flexibility index (Phi) is 3.02. The van der Waals surface area contributed by atoms with Crippen LogP contribution in [0, 0.1) is 0 Å². The summed E-state index contributed by atoms with van der Waals surface area (Å²) < 4.78 is 25.4. The second-order valence-electron chi connectivity index (χ2n) is 4.25. The summed E-state index contributed by atoms with van der Waals surface area (Å²) in [7, 11) is -3.04. The molecule has 0 bridgehead atoms. The molecular weight excluding hydrogens is 186 g/mol. The Hall–Kier alpha value is -0.0900. The van der Waals surface area contributed by atoms with E-state index in [2.05, 4.69) is 0 Å². The molecule has 0 unspecified atom stereocenters. The summed E-state index contributed by atoms with van der Waals surface area (Å²) >= 11 is 0. The van der Waals surface area contributed by atoms with E-state index in [0.717, 1.165) is 12.8 Å². The van der Waals surface area contributed by atoms with Crippen molar-refractivity contribution in [3.05, 3.63) is 0 Å². The van der Waals surface area contributed by atoms with Crippen LogP contribution < -0.4 is 0 Å². The summed E-state index contributed by atoms with van der Waals surface area (Å²) in [5, 5.41) is -0.296. The fourth-order valence-electron chi connectivity index (χ4n) is 1.50. The molecule has 1 aliphatic carbocycles. The predicted octanol–water partition coefficient (Wildman–Crippen LogP) is 1.60. The summed E-state index contributed by atoms with van der Waals surface area (Å²) in [5.41, 5.74) is 0. The molecule has 13 heavy (non-hydrogen) atoms. The smallest absolute Gasteiger partial charge is 0.212 e. The first kappa shape index (κ1) is 11.0. The third-order valence-electron chi connectivity index (χ3n) is 2.31. The Morgan fingerprint density at radius 1 is 1.15 bits per heavy atom. The number of nitrogens with zero attached hydrogens (tertiary/aromatic N) is 1. The Morgan fingerprint density at radius 3 is 1.85 bits per heavy atom. The fourth-order valence-corrected chi connectivity index (χ4v) is 3.20. The molecule has 1 aliphatic rings. The van der Waals surface area contributed by atoms with Crippen molar-refractivity contribution in [2.24, 2.45) is 0 Å². The van der Waals surface area contributed by atoms with E-state index in [4.69, 9.17) is 0 Å². The van der Waals surface area contributed by atoms with E-state index in [1.54, 1.807) is 18.2 Å². The summed E-state index contributed by atoms with van der Waals surface area (Å²) in [4.78, 5) is 0. The van der Waals surface area contributed by atoms with Crippen LogP contribution in [0.5, 0.6) is 0 Å². The van der Waals surface area contributed by atoms with Gasteiger partial charge < -0.3 is 0 Å². The number of hydrogen-bond donors (Lipinski definition) is 0. The molecule has 0 aromatic heterocycles. The second kappa shape index (κ2) is 3.58. The highest BCUT2D eigenvalue weighted by Crippen LogP contribution is 2.32. The highest BCUT2D eigenvalue weighted by atomic mass is 32.2. The van der Waals surface area contributed by atoms with Gasteiger partial charge in [-0.05, 0) is 40.5 Å². The molecule has 0 atom stereocenters. The van der Waals surface area contributed by atoms with Gasteiger partial charge in [-0.15, -0.1) is 0 Å². The van der Waals surface area contributed by atoms with Crippen molar-refractivity contribution < 1.29 is 8.42 Å². The Bertz CT molecular complexity index is 263.